The fourth-order valence-corrected chi connectivity index (χ4v) is 2.48. The molecule has 0 aliphatic heterocycles. The predicted molar refractivity (Wildman–Crippen MR) is 90.7 cm³/mol. The lowest BCUT2D eigenvalue weighted by Gasteiger charge is -2.18. The van der Waals surface area contributed by atoms with Gasteiger partial charge in [0.1, 0.15) is 5.76 Å². The van der Waals surface area contributed by atoms with E-state index in [1.165, 1.54) is 0 Å². The van der Waals surface area contributed by atoms with E-state index in [-0.39, 0.29) is 24.8 Å². The first-order valence-electron chi connectivity index (χ1n) is 8.30. The van der Waals surface area contributed by atoms with E-state index in [1.54, 1.807) is 13.0 Å². The predicted octanol–water partition coefficient (Wildman–Crippen LogP) is 1.27. The van der Waals surface area contributed by atoms with Gasteiger partial charge in [-0.15, -0.1) is 0 Å². The quantitative estimate of drug-likeness (QED) is 0.597. The van der Waals surface area contributed by atoms with Gasteiger partial charge in [0.2, 0.25) is 0 Å². The van der Waals surface area contributed by atoms with E-state index in [2.05, 4.69) is 15.8 Å². The van der Waals surface area contributed by atoms with Crippen LogP contribution in [0.15, 0.2) is 22.7 Å². The summed E-state index contributed by atoms with van der Waals surface area (Å²) < 4.78 is 44.7. The van der Waals surface area contributed by atoms with E-state index in [0.717, 1.165) is 12.1 Å². The molecule has 146 valence electrons. The zero-order valence-electron chi connectivity index (χ0n) is 14.9. The third-order valence-corrected chi connectivity index (χ3v) is 3.63. The molecule has 1 heterocycles. The molecule has 1 aromatic heterocycles. The average Bonchev–Trinajstić information content (AvgIpc) is 3.00. The molecular formula is C17H20F3N4O3+. The van der Waals surface area contributed by atoms with Crippen LogP contribution < -0.4 is 15.5 Å². The summed E-state index contributed by atoms with van der Waals surface area (Å²) in [4.78, 5) is 24.8. The van der Waals surface area contributed by atoms with Crippen LogP contribution in [0.2, 0.25) is 0 Å². The maximum atomic E-state index is 13.6. The van der Waals surface area contributed by atoms with Gasteiger partial charge < -0.3 is 20.1 Å². The second-order valence-electron chi connectivity index (χ2n) is 6.00. The highest BCUT2D eigenvalue weighted by molar-refractivity contribution is 5.92. The van der Waals surface area contributed by atoms with E-state index in [4.69, 9.17) is 4.52 Å². The molecule has 2 aromatic rings. The van der Waals surface area contributed by atoms with Crippen molar-refractivity contribution < 1.29 is 32.2 Å². The molecule has 0 bridgehead atoms. The highest BCUT2D eigenvalue weighted by atomic mass is 19.2. The first kappa shape index (κ1) is 20.4. The van der Waals surface area contributed by atoms with Crippen molar-refractivity contribution in [2.75, 3.05) is 30.3 Å². The van der Waals surface area contributed by atoms with Gasteiger partial charge in [0.25, 0.3) is 11.8 Å². The van der Waals surface area contributed by atoms with Crippen molar-refractivity contribution in [3.63, 3.8) is 0 Å². The third-order valence-electron chi connectivity index (χ3n) is 3.63. The number of carbonyl (C=O) groups excluding carboxylic acids is 2. The first-order valence-corrected chi connectivity index (χ1v) is 8.30. The largest absolute Gasteiger partial charge is 0.360 e. The molecule has 0 aliphatic carbocycles. The van der Waals surface area contributed by atoms with Crippen LogP contribution in [0.1, 0.15) is 19.1 Å². The number of quaternary nitrogens is 1. The third kappa shape index (κ3) is 5.81. The number of rotatable bonds is 8. The lowest BCUT2D eigenvalue weighted by atomic mass is 10.2. The summed E-state index contributed by atoms with van der Waals surface area (Å²) in [5, 5.41) is 8.39. The van der Waals surface area contributed by atoms with E-state index < -0.39 is 29.0 Å². The Bertz CT molecular complexity index is 826. The van der Waals surface area contributed by atoms with Gasteiger partial charge in [-0.05, 0) is 25.5 Å². The van der Waals surface area contributed by atoms with Crippen LogP contribution in [0.25, 0.3) is 0 Å². The molecule has 0 spiro atoms. The molecule has 0 saturated heterocycles. The highest BCUT2D eigenvalue weighted by Gasteiger charge is 2.21. The van der Waals surface area contributed by atoms with Crippen LogP contribution in [0, 0.1) is 24.4 Å². The molecule has 0 saturated carbocycles. The van der Waals surface area contributed by atoms with Crippen molar-refractivity contribution in [3.8, 4) is 0 Å². The Kier molecular flexibility index (Phi) is 6.94. The number of benzene rings is 1. The summed E-state index contributed by atoms with van der Waals surface area (Å²) in [5.74, 6) is -4.68. The zero-order chi connectivity index (χ0) is 20.0. The van der Waals surface area contributed by atoms with Gasteiger partial charge in [-0.3, -0.25) is 9.59 Å². The Balaban J connectivity index is 1.95. The summed E-state index contributed by atoms with van der Waals surface area (Å²) in [6.45, 7) is 3.87. The van der Waals surface area contributed by atoms with Crippen molar-refractivity contribution in [2.24, 2.45) is 0 Å². The van der Waals surface area contributed by atoms with Crippen LogP contribution in [0.5, 0.6) is 0 Å². The molecule has 27 heavy (non-hydrogen) atoms. The standard InChI is InChI=1S/C17H19F3N4O3/c1-3-6-24(9-15(26)22-13-7-10(2)27-23-13)8-14(25)21-12-5-4-11(18)16(19)17(12)20/h4-5,7H,3,6,8-9H2,1-2H3,(H,21,25)(H,22,23,26)/p+1. The number of amides is 2. The van der Waals surface area contributed by atoms with Gasteiger partial charge in [0.05, 0.1) is 12.2 Å². The first-order chi connectivity index (χ1) is 12.8. The maximum Gasteiger partial charge on any atom is 0.280 e. The number of aromatic nitrogens is 1. The van der Waals surface area contributed by atoms with Gasteiger partial charge in [0, 0.05) is 6.07 Å². The number of halogens is 3. The summed E-state index contributed by atoms with van der Waals surface area (Å²) >= 11 is 0. The maximum absolute atomic E-state index is 13.6. The lowest BCUT2D eigenvalue weighted by molar-refractivity contribution is -0.883. The van der Waals surface area contributed by atoms with E-state index >= 15 is 0 Å². The van der Waals surface area contributed by atoms with Crippen LogP contribution >= 0.6 is 0 Å². The van der Waals surface area contributed by atoms with Gasteiger partial charge in [0.15, 0.2) is 36.4 Å². The van der Waals surface area contributed by atoms with Crippen LogP contribution in [-0.2, 0) is 9.59 Å². The minimum atomic E-state index is -1.66. The topological polar surface area (TPSA) is 88.7 Å². The molecule has 10 heteroatoms. The molecule has 7 nitrogen and oxygen atoms in total. The Hall–Kier alpha value is -2.88. The summed E-state index contributed by atoms with van der Waals surface area (Å²) in [6, 6.07) is 3.21. The fourth-order valence-electron chi connectivity index (χ4n) is 2.48. The summed E-state index contributed by atoms with van der Waals surface area (Å²) in [5.41, 5.74) is -0.461. The minimum Gasteiger partial charge on any atom is -0.360 e. The van der Waals surface area contributed by atoms with Crippen LogP contribution in [0.3, 0.4) is 0 Å². The van der Waals surface area contributed by atoms with Crippen LogP contribution in [0.4, 0.5) is 24.7 Å². The molecule has 0 radical (unpaired) electrons. The molecule has 1 aromatic carbocycles. The fraction of sp³-hybridized carbons (Fsp3) is 0.353. The van der Waals surface area contributed by atoms with E-state index in [9.17, 15) is 22.8 Å². The molecule has 2 rings (SSSR count). The van der Waals surface area contributed by atoms with Crippen molar-refractivity contribution in [1.82, 2.24) is 5.16 Å². The number of hydrogen-bond acceptors (Lipinski definition) is 4. The molecule has 0 aliphatic rings. The second kappa shape index (κ2) is 9.17. The van der Waals surface area contributed by atoms with Crippen molar-refractivity contribution in [3.05, 3.63) is 41.4 Å². The smallest absolute Gasteiger partial charge is 0.280 e. The Morgan fingerprint density at radius 3 is 2.37 bits per heavy atom. The Morgan fingerprint density at radius 2 is 1.78 bits per heavy atom. The van der Waals surface area contributed by atoms with Gasteiger partial charge in [-0.1, -0.05) is 12.1 Å². The summed E-state index contributed by atoms with van der Waals surface area (Å²) in [7, 11) is 0. The molecule has 3 N–H and O–H groups in total. The number of aryl methyl sites for hydroxylation is 1. The number of nitrogens with zero attached hydrogens (tertiary/aromatic N) is 1. The zero-order valence-corrected chi connectivity index (χ0v) is 14.9. The Morgan fingerprint density at radius 1 is 1.11 bits per heavy atom. The minimum absolute atomic E-state index is 0.0343. The molecular weight excluding hydrogens is 365 g/mol. The normalized spacial score (nSPS) is 11.9. The van der Waals surface area contributed by atoms with Gasteiger partial charge in [-0.2, -0.15) is 0 Å². The van der Waals surface area contributed by atoms with E-state index in [1.807, 2.05) is 6.92 Å². The van der Waals surface area contributed by atoms with Crippen molar-refractivity contribution in [1.29, 1.82) is 0 Å². The number of hydrogen-bond donors (Lipinski definition) is 3. The van der Waals surface area contributed by atoms with Crippen molar-refractivity contribution in [2.45, 2.75) is 20.3 Å². The van der Waals surface area contributed by atoms with Gasteiger partial charge >= 0.3 is 0 Å². The molecule has 1 unspecified atom stereocenters. The molecule has 0 fully saturated rings. The number of carbonyl (C=O) groups is 2. The highest BCUT2D eigenvalue weighted by Crippen LogP contribution is 2.19. The number of nitrogens with one attached hydrogen (secondary N) is 3. The summed E-state index contributed by atoms with van der Waals surface area (Å²) in [6.07, 6.45) is 0.693. The monoisotopic (exact) mass is 385 g/mol. The number of anilines is 2. The second-order valence-corrected chi connectivity index (χ2v) is 6.00. The van der Waals surface area contributed by atoms with E-state index in [0.29, 0.717) is 23.6 Å². The molecule has 1 atom stereocenters. The lowest BCUT2D eigenvalue weighted by Crippen LogP contribution is -3.14. The Labute approximate surface area is 153 Å². The SMILES string of the molecule is CCC[NH+](CC(=O)Nc1cc(C)on1)CC(=O)Nc1ccc(F)c(F)c1F. The van der Waals surface area contributed by atoms with Crippen LogP contribution in [-0.4, -0.2) is 36.6 Å². The van der Waals surface area contributed by atoms with Gasteiger partial charge in [-0.25, -0.2) is 13.2 Å². The molecule has 2 amide bonds. The average molecular weight is 385 g/mol. The van der Waals surface area contributed by atoms with Crippen molar-refractivity contribution >= 4 is 23.3 Å².